The molecule has 0 unspecified atom stereocenters. The molecule has 0 heterocycles. The molecular weight excluding hydrogens is 315 g/mol. The van der Waals surface area contributed by atoms with Gasteiger partial charge in [-0.2, -0.15) is 0 Å². The van der Waals surface area contributed by atoms with Gasteiger partial charge in [-0.3, -0.25) is 4.79 Å². The Morgan fingerprint density at radius 3 is 2.20 bits per heavy atom. The van der Waals surface area contributed by atoms with E-state index in [1.54, 1.807) is 12.1 Å². The van der Waals surface area contributed by atoms with E-state index in [0.717, 1.165) is 24.2 Å². The van der Waals surface area contributed by atoms with E-state index in [9.17, 15) is 9.18 Å². The van der Waals surface area contributed by atoms with E-state index in [4.69, 9.17) is 0 Å². The van der Waals surface area contributed by atoms with E-state index < -0.39 is 0 Å². The van der Waals surface area contributed by atoms with Crippen LogP contribution in [0, 0.1) is 5.82 Å². The summed E-state index contributed by atoms with van der Waals surface area (Å²) in [5.74, 6) is -0.221. The van der Waals surface area contributed by atoms with Crippen molar-refractivity contribution in [3.05, 3.63) is 65.5 Å². The Hall–Kier alpha value is -2.20. The molecule has 0 bridgehead atoms. The van der Waals surface area contributed by atoms with E-state index in [1.807, 2.05) is 12.1 Å². The maximum Gasteiger partial charge on any atom is 0.225 e. The first kappa shape index (κ1) is 19.1. The van der Waals surface area contributed by atoms with Crippen LogP contribution in [0.25, 0.3) is 0 Å². The Morgan fingerprint density at radius 2 is 1.60 bits per heavy atom. The SMILES string of the molecule is CC(C)(C)c1ccc(NC(=O)CCNCCc2ccc(F)cc2)cc1. The molecule has 1 amide bonds. The van der Waals surface area contributed by atoms with E-state index in [1.165, 1.54) is 17.7 Å². The molecule has 0 saturated heterocycles. The molecule has 0 aromatic heterocycles. The van der Waals surface area contributed by atoms with Gasteiger partial charge in [0.25, 0.3) is 0 Å². The second-order valence-corrected chi connectivity index (χ2v) is 7.25. The molecule has 0 fully saturated rings. The van der Waals surface area contributed by atoms with E-state index >= 15 is 0 Å². The van der Waals surface area contributed by atoms with Crippen LogP contribution in [0.3, 0.4) is 0 Å². The average molecular weight is 342 g/mol. The number of hydrogen-bond acceptors (Lipinski definition) is 2. The van der Waals surface area contributed by atoms with Gasteiger partial charge in [-0.05, 0) is 53.8 Å². The second-order valence-electron chi connectivity index (χ2n) is 7.25. The summed E-state index contributed by atoms with van der Waals surface area (Å²) in [5.41, 5.74) is 3.26. The Labute approximate surface area is 149 Å². The lowest BCUT2D eigenvalue weighted by Gasteiger charge is -2.19. The first-order chi connectivity index (χ1) is 11.8. The Bertz CT molecular complexity index is 673. The predicted octanol–water partition coefficient (Wildman–Crippen LogP) is 4.28. The van der Waals surface area contributed by atoms with E-state index in [0.29, 0.717) is 13.0 Å². The summed E-state index contributed by atoms with van der Waals surface area (Å²) in [5, 5.41) is 6.15. The smallest absolute Gasteiger partial charge is 0.225 e. The van der Waals surface area contributed by atoms with Gasteiger partial charge in [0.1, 0.15) is 5.82 Å². The Kier molecular flexibility index (Phi) is 6.71. The van der Waals surface area contributed by atoms with Crippen LogP contribution in [-0.2, 0) is 16.6 Å². The van der Waals surface area contributed by atoms with Crippen molar-refractivity contribution >= 4 is 11.6 Å². The normalized spacial score (nSPS) is 11.4. The molecule has 25 heavy (non-hydrogen) atoms. The number of hydrogen-bond donors (Lipinski definition) is 2. The minimum atomic E-state index is -0.219. The third-order valence-electron chi connectivity index (χ3n) is 4.07. The van der Waals surface area contributed by atoms with Gasteiger partial charge in [0.15, 0.2) is 0 Å². The summed E-state index contributed by atoms with van der Waals surface area (Å²) >= 11 is 0. The van der Waals surface area contributed by atoms with Gasteiger partial charge in [0.2, 0.25) is 5.91 Å². The quantitative estimate of drug-likeness (QED) is 0.737. The third-order valence-corrected chi connectivity index (χ3v) is 4.07. The lowest BCUT2D eigenvalue weighted by atomic mass is 9.87. The minimum absolute atomic E-state index is 0.00205. The summed E-state index contributed by atoms with van der Waals surface area (Å²) in [6.07, 6.45) is 1.24. The zero-order valence-electron chi connectivity index (χ0n) is 15.2. The maximum atomic E-state index is 12.8. The van der Waals surface area contributed by atoms with Gasteiger partial charge in [0.05, 0.1) is 0 Å². The summed E-state index contributed by atoms with van der Waals surface area (Å²) in [6, 6.07) is 14.5. The van der Waals surface area contributed by atoms with E-state index in [-0.39, 0.29) is 17.1 Å². The Morgan fingerprint density at radius 1 is 0.960 bits per heavy atom. The monoisotopic (exact) mass is 342 g/mol. The maximum absolute atomic E-state index is 12.8. The highest BCUT2D eigenvalue weighted by Crippen LogP contribution is 2.23. The lowest BCUT2D eigenvalue weighted by molar-refractivity contribution is -0.116. The number of carbonyl (C=O) groups excluding carboxylic acids is 1. The average Bonchev–Trinajstić information content (AvgIpc) is 2.56. The number of anilines is 1. The first-order valence-corrected chi connectivity index (χ1v) is 8.70. The molecule has 0 aliphatic rings. The molecule has 4 heteroatoms. The molecule has 2 aromatic rings. The van der Waals surface area contributed by atoms with Crippen molar-refractivity contribution in [3.63, 3.8) is 0 Å². The highest BCUT2D eigenvalue weighted by molar-refractivity contribution is 5.90. The molecule has 0 aliphatic carbocycles. The lowest BCUT2D eigenvalue weighted by Crippen LogP contribution is -2.23. The standard InChI is InChI=1S/C21H27FN2O/c1-21(2,3)17-6-10-19(11-7-17)24-20(25)13-15-23-14-12-16-4-8-18(22)9-5-16/h4-11,23H,12-15H2,1-3H3,(H,24,25). The van der Waals surface area contributed by atoms with Gasteiger partial charge in [-0.25, -0.2) is 4.39 Å². The fraction of sp³-hybridized carbons (Fsp3) is 0.381. The van der Waals surface area contributed by atoms with Crippen LogP contribution < -0.4 is 10.6 Å². The Balaban J connectivity index is 1.66. The zero-order chi connectivity index (χ0) is 18.3. The number of amides is 1. The summed E-state index contributed by atoms with van der Waals surface area (Å²) in [7, 11) is 0. The number of nitrogens with one attached hydrogen (secondary N) is 2. The van der Waals surface area contributed by atoms with Gasteiger partial charge < -0.3 is 10.6 Å². The molecule has 0 aliphatic heterocycles. The molecular formula is C21H27FN2O. The van der Waals surface area contributed by atoms with Crippen LogP contribution in [0.5, 0.6) is 0 Å². The van der Waals surface area contributed by atoms with Gasteiger partial charge in [0, 0.05) is 18.7 Å². The van der Waals surface area contributed by atoms with Gasteiger partial charge in [-0.15, -0.1) is 0 Å². The highest BCUT2D eigenvalue weighted by Gasteiger charge is 2.13. The predicted molar refractivity (Wildman–Crippen MR) is 101 cm³/mol. The summed E-state index contributed by atoms with van der Waals surface area (Å²) < 4.78 is 12.8. The molecule has 134 valence electrons. The van der Waals surface area contributed by atoms with Crippen molar-refractivity contribution in [1.29, 1.82) is 0 Å². The van der Waals surface area contributed by atoms with Crippen LogP contribution in [0.2, 0.25) is 0 Å². The highest BCUT2D eigenvalue weighted by atomic mass is 19.1. The van der Waals surface area contributed by atoms with E-state index in [2.05, 4.69) is 43.5 Å². The van der Waals surface area contributed by atoms with Crippen molar-refractivity contribution in [2.45, 2.75) is 39.0 Å². The molecule has 2 N–H and O–H groups in total. The number of benzene rings is 2. The number of halogens is 1. The number of carbonyl (C=O) groups is 1. The topological polar surface area (TPSA) is 41.1 Å². The van der Waals surface area contributed by atoms with Crippen molar-refractivity contribution < 1.29 is 9.18 Å². The van der Waals surface area contributed by atoms with Crippen molar-refractivity contribution in [3.8, 4) is 0 Å². The van der Waals surface area contributed by atoms with Gasteiger partial charge >= 0.3 is 0 Å². The summed E-state index contributed by atoms with van der Waals surface area (Å²) in [6.45, 7) is 7.88. The number of rotatable bonds is 7. The van der Waals surface area contributed by atoms with Crippen LogP contribution >= 0.6 is 0 Å². The van der Waals surface area contributed by atoms with Crippen LogP contribution in [0.1, 0.15) is 38.3 Å². The minimum Gasteiger partial charge on any atom is -0.326 e. The molecule has 0 atom stereocenters. The van der Waals surface area contributed by atoms with Crippen LogP contribution in [-0.4, -0.2) is 19.0 Å². The van der Waals surface area contributed by atoms with Crippen molar-refractivity contribution in [1.82, 2.24) is 5.32 Å². The molecule has 2 aromatic carbocycles. The van der Waals surface area contributed by atoms with Crippen LogP contribution in [0.15, 0.2) is 48.5 Å². The fourth-order valence-electron chi connectivity index (χ4n) is 2.49. The largest absolute Gasteiger partial charge is 0.326 e. The fourth-order valence-corrected chi connectivity index (χ4v) is 2.49. The molecule has 3 nitrogen and oxygen atoms in total. The zero-order valence-corrected chi connectivity index (χ0v) is 15.2. The van der Waals surface area contributed by atoms with Crippen molar-refractivity contribution in [2.24, 2.45) is 0 Å². The summed E-state index contributed by atoms with van der Waals surface area (Å²) in [4.78, 5) is 12.0. The molecule has 0 radical (unpaired) electrons. The second kappa shape index (κ2) is 8.77. The first-order valence-electron chi connectivity index (χ1n) is 8.70. The molecule has 0 saturated carbocycles. The van der Waals surface area contributed by atoms with Crippen LogP contribution in [0.4, 0.5) is 10.1 Å². The van der Waals surface area contributed by atoms with Gasteiger partial charge in [-0.1, -0.05) is 45.0 Å². The third kappa shape index (κ3) is 6.67. The molecule has 0 spiro atoms. The van der Waals surface area contributed by atoms with Crippen molar-refractivity contribution in [2.75, 3.05) is 18.4 Å². The molecule has 2 rings (SSSR count).